The normalized spacial score (nSPS) is 14.9. The summed E-state index contributed by atoms with van der Waals surface area (Å²) < 4.78 is 0. The average molecular weight is 392 g/mol. The van der Waals surface area contributed by atoms with Crippen molar-refractivity contribution in [2.24, 2.45) is 0 Å². The summed E-state index contributed by atoms with van der Waals surface area (Å²) in [4.78, 5) is 28.9. The van der Waals surface area contributed by atoms with Gasteiger partial charge < -0.3 is 10.2 Å². The summed E-state index contributed by atoms with van der Waals surface area (Å²) in [5.74, 6) is 0.00881. The molecule has 0 unspecified atom stereocenters. The number of nitrogens with zero attached hydrogens (tertiary/aromatic N) is 2. The van der Waals surface area contributed by atoms with Crippen LogP contribution in [0.3, 0.4) is 0 Å². The van der Waals surface area contributed by atoms with Crippen molar-refractivity contribution in [3.8, 4) is 0 Å². The van der Waals surface area contributed by atoms with Crippen molar-refractivity contribution >= 4 is 23.6 Å². The quantitative estimate of drug-likeness (QED) is 0.795. The van der Waals surface area contributed by atoms with Crippen molar-refractivity contribution in [2.75, 3.05) is 38.0 Å². The van der Waals surface area contributed by atoms with Crippen molar-refractivity contribution in [3.05, 3.63) is 70.8 Å². The molecule has 0 aromatic heterocycles. The Bertz CT molecular complexity index is 892. The highest BCUT2D eigenvalue weighted by Gasteiger charge is 2.21. The molecular weight excluding hydrogens is 362 g/mol. The van der Waals surface area contributed by atoms with E-state index < -0.39 is 0 Å². The van der Waals surface area contributed by atoms with Crippen molar-refractivity contribution in [1.82, 2.24) is 9.80 Å². The van der Waals surface area contributed by atoms with Crippen LogP contribution in [0.5, 0.6) is 0 Å². The third kappa shape index (κ3) is 5.55. The highest BCUT2D eigenvalue weighted by Crippen LogP contribution is 2.19. The highest BCUT2D eigenvalue weighted by molar-refractivity contribution is 5.94. The number of hydrogen-bond acceptors (Lipinski definition) is 3. The third-order valence-corrected chi connectivity index (χ3v) is 5.39. The van der Waals surface area contributed by atoms with E-state index in [9.17, 15) is 9.59 Å². The summed E-state index contributed by atoms with van der Waals surface area (Å²) in [7, 11) is 0. The van der Waals surface area contributed by atoms with E-state index in [4.69, 9.17) is 0 Å². The summed E-state index contributed by atoms with van der Waals surface area (Å²) in [5, 5.41) is 3.03. The lowest BCUT2D eigenvalue weighted by Gasteiger charge is -2.33. The predicted molar refractivity (Wildman–Crippen MR) is 118 cm³/mol. The molecule has 1 saturated heterocycles. The van der Waals surface area contributed by atoms with Crippen LogP contribution in [-0.2, 0) is 9.59 Å². The molecule has 0 saturated carbocycles. The number of anilines is 1. The van der Waals surface area contributed by atoms with Gasteiger partial charge in [0.2, 0.25) is 11.8 Å². The lowest BCUT2D eigenvalue weighted by molar-refractivity contribution is -0.127. The maximum absolute atomic E-state index is 12.5. The zero-order valence-corrected chi connectivity index (χ0v) is 17.4. The second kappa shape index (κ2) is 9.52. The van der Waals surface area contributed by atoms with Gasteiger partial charge in [0, 0.05) is 37.9 Å². The molecule has 29 heavy (non-hydrogen) atoms. The molecule has 5 heteroatoms. The number of carbonyl (C=O) groups is 2. The Hall–Kier alpha value is -2.92. The van der Waals surface area contributed by atoms with Crippen LogP contribution in [0.1, 0.15) is 22.3 Å². The first kappa shape index (κ1) is 20.8. The number of para-hydroxylation sites is 1. The Labute approximate surface area is 173 Å². The molecule has 1 fully saturated rings. The van der Waals surface area contributed by atoms with Gasteiger partial charge in [0.1, 0.15) is 0 Å². The lowest BCUT2D eigenvalue weighted by atomic mass is 10.1. The fourth-order valence-corrected chi connectivity index (χ4v) is 3.56. The van der Waals surface area contributed by atoms with Gasteiger partial charge in [-0.2, -0.15) is 0 Å². The monoisotopic (exact) mass is 391 g/mol. The zero-order valence-electron chi connectivity index (χ0n) is 17.4. The molecule has 0 radical (unpaired) electrons. The molecule has 2 amide bonds. The van der Waals surface area contributed by atoms with Crippen LogP contribution in [0.25, 0.3) is 6.08 Å². The van der Waals surface area contributed by atoms with Gasteiger partial charge in [0.15, 0.2) is 0 Å². The number of piperazine rings is 1. The van der Waals surface area contributed by atoms with Gasteiger partial charge in [0.05, 0.1) is 6.54 Å². The van der Waals surface area contributed by atoms with Gasteiger partial charge in [-0.1, -0.05) is 42.5 Å². The minimum atomic E-state index is -0.0124. The predicted octanol–water partition coefficient (Wildman–Crippen LogP) is 3.41. The van der Waals surface area contributed by atoms with Crippen LogP contribution < -0.4 is 5.32 Å². The van der Waals surface area contributed by atoms with Crippen molar-refractivity contribution in [1.29, 1.82) is 0 Å². The topological polar surface area (TPSA) is 52.7 Å². The van der Waals surface area contributed by atoms with E-state index in [2.05, 4.69) is 10.2 Å². The second-order valence-corrected chi connectivity index (χ2v) is 7.61. The van der Waals surface area contributed by atoms with Crippen LogP contribution in [-0.4, -0.2) is 54.3 Å². The standard InChI is InChI=1S/C24H29N3O2/c1-18-7-4-5-10-21(18)11-12-23(29)27-15-13-26(14-16-27)17-22(28)25-24-19(2)8-6-9-20(24)3/h4-12H,13-17H2,1-3H3,(H,25,28)/b12-11+. The van der Waals surface area contributed by atoms with E-state index in [1.807, 2.05) is 74.2 Å². The largest absolute Gasteiger partial charge is 0.337 e. The second-order valence-electron chi connectivity index (χ2n) is 7.61. The maximum atomic E-state index is 12.5. The van der Waals surface area contributed by atoms with Crippen molar-refractivity contribution < 1.29 is 9.59 Å². The number of aryl methyl sites for hydroxylation is 3. The summed E-state index contributed by atoms with van der Waals surface area (Å²) in [5.41, 5.74) is 5.23. The molecule has 5 nitrogen and oxygen atoms in total. The molecule has 0 spiro atoms. The van der Waals surface area contributed by atoms with Crippen LogP contribution in [0.15, 0.2) is 48.5 Å². The Morgan fingerprint density at radius 1 is 0.897 bits per heavy atom. The van der Waals surface area contributed by atoms with E-state index in [0.717, 1.165) is 27.9 Å². The number of nitrogens with one attached hydrogen (secondary N) is 1. The SMILES string of the molecule is Cc1ccccc1/C=C/C(=O)N1CCN(CC(=O)Nc2c(C)cccc2C)CC1. The van der Waals surface area contributed by atoms with E-state index in [1.54, 1.807) is 6.08 Å². The molecular formula is C24H29N3O2. The molecule has 0 atom stereocenters. The highest BCUT2D eigenvalue weighted by atomic mass is 16.2. The van der Waals surface area contributed by atoms with Gasteiger partial charge in [0.25, 0.3) is 0 Å². The van der Waals surface area contributed by atoms with Crippen molar-refractivity contribution in [3.63, 3.8) is 0 Å². The van der Waals surface area contributed by atoms with Gasteiger partial charge in [-0.05, 0) is 49.1 Å². The van der Waals surface area contributed by atoms with Crippen LogP contribution in [0.2, 0.25) is 0 Å². The number of hydrogen-bond donors (Lipinski definition) is 1. The van der Waals surface area contributed by atoms with E-state index in [-0.39, 0.29) is 11.8 Å². The molecule has 1 N–H and O–H groups in total. The Kier molecular flexibility index (Phi) is 6.83. The first-order valence-electron chi connectivity index (χ1n) is 10.0. The summed E-state index contributed by atoms with van der Waals surface area (Å²) in [6, 6.07) is 14.0. The average Bonchev–Trinajstić information content (AvgIpc) is 2.70. The lowest BCUT2D eigenvalue weighted by Crippen LogP contribution is -2.50. The summed E-state index contributed by atoms with van der Waals surface area (Å²) in [6.07, 6.45) is 3.52. The number of rotatable bonds is 5. The van der Waals surface area contributed by atoms with Crippen molar-refractivity contribution in [2.45, 2.75) is 20.8 Å². The van der Waals surface area contributed by atoms with Gasteiger partial charge in [-0.25, -0.2) is 0 Å². The van der Waals surface area contributed by atoms with Crippen LogP contribution in [0.4, 0.5) is 5.69 Å². The third-order valence-electron chi connectivity index (χ3n) is 5.39. The molecule has 2 aromatic carbocycles. The molecule has 1 aliphatic heterocycles. The minimum absolute atomic E-state index is 0.0124. The molecule has 0 bridgehead atoms. The first-order valence-corrected chi connectivity index (χ1v) is 10.0. The molecule has 1 heterocycles. The van der Waals surface area contributed by atoms with Gasteiger partial charge >= 0.3 is 0 Å². The molecule has 1 aliphatic rings. The van der Waals surface area contributed by atoms with Crippen LogP contribution in [0, 0.1) is 20.8 Å². The molecule has 0 aliphatic carbocycles. The minimum Gasteiger partial charge on any atom is -0.337 e. The number of benzene rings is 2. The van der Waals surface area contributed by atoms with E-state index in [0.29, 0.717) is 32.7 Å². The smallest absolute Gasteiger partial charge is 0.246 e. The summed E-state index contributed by atoms with van der Waals surface area (Å²) >= 11 is 0. The first-order chi connectivity index (χ1) is 13.9. The van der Waals surface area contributed by atoms with Gasteiger partial charge in [-0.3, -0.25) is 14.5 Å². The van der Waals surface area contributed by atoms with E-state index in [1.165, 1.54) is 0 Å². The number of amides is 2. The fourth-order valence-electron chi connectivity index (χ4n) is 3.56. The molecule has 3 rings (SSSR count). The Morgan fingerprint density at radius 2 is 1.52 bits per heavy atom. The fraction of sp³-hybridized carbons (Fsp3) is 0.333. The van der Waals surface area contributed by atoms with Gasteiger partial charge in [-0.15, -0.1) is 0 Å². The Balaban J connectivity index is 1.48. The number of carbonyl (C=O) groups excluding carboxylic acids is 2. The zero-order chi connectivity index (χ0) is 20.8. The van der Waals surface area contributed by atoms with Crippen LogP contribution >= 0.6 is 0 Å². The Morgan fingerprint density at radius 3 is 2.17 bits per heavy atom. The summed E-state index contributed by atoms with van der Waals surface area (Å²) in [6.45, 7) is 9.03. The van der Waals surface area contributed by atoms with E-state index >= 15 is 0 Å². The molecule has 2 aromatic rings. The maximum Gasteiger partial charge on any atom is 0.246 e. The molecule has 152 valence electrons.